The second kappa shape index (κ2) is 7.04. The molecule has 1 aliphatic carbocycles. The van der Waals surface area contributed by atoms with Crippen LogP contribution in [-0.2, 0) is 4.79 Å². The maximum absolute atomic E-state index is 10.4. The lowest BCUT2D eigenvalue weighted by atomic mass is 9.90. The summed E-state index contributed by atoms with van der Waals surface area (Å²) in [5.74, 6) is -0.631. The minimum Gasteiger partial charge on any atom is -0.481 e. The number of rotatable bonds is 1. The van der Waals surface area contributed by atoms with Crippen LogP contribution in [0.4, 0.5) is 0 Å². The van der Waals surface area contributed by atoms with Crippen LogP contribution >= 0.6 is 0 Å². The Hall–Kier alpha value is -1.31. The maximum Gasteiger partial charge on any atom is 0.306 e. The first-order valence-corrected chi connectivity index (χ1v) is 5.53. The van der Waals surface area contributed by atoms with E-state index < -0.39 is 5.97 Å². The van der Waals surface area contributed by atoms with E-state index >= 15 is 0 Å². The van der Waals surface area contributed by atoms with E-state index in [2.05, 4.69) is 0 Å². The Balaban J connectivity index is 0.000000162. The highest BCUT2D eigenvalue weighted by Crippen LogP contribution is 2.23. The number of carbonyl (C=O) groups is 1. The van der Waals surface area contributed by atoms with Crippen molar-refractivity contribution in [2.75, 3.05) is 0 Å². The smallest absolute Gasteiger partial charge is 0.306 e. The molecule has 2 nitrogen and oxygen atoms in total. The lowest BCUT2D eigenvalue weighted by molar-refractivity contribution is -0.142. The molecule has 0 aromatic heterocycles. The van der Waals surface area contributed by atoms with E-state index in [1.165, 1.54) is 6.42 Å². The molecule has 1 aliphatic rings. The minimum atomic E-state index is -0.602. The third kappa shape index (κ3) is 5.21. The van der Waals surface area contributed by atoms with E-state index in [1.807, 2.05) is 36.4 Å². The highest BCUT2D eigenvalue weighted by atomic mass is 16.4. The van der Waals surface area contributed by atoms with Crippen LogP contribution in [0.1, 0.15) is 32.1 Å². The lowest BCUT2D eigenvalue weighted by Crippen LogP contribution is -2.16. The van der Waals surface area contributed by atoms with Crippen molar-refractivity contribution in [3.63, 3.8) is 0 Å². The van der Waals surface area contributed by atoms with Gasteiger partial charge in [-0.05, 0) is 12.8 Å². The zero-order valence-electron chi connectivity index (χ0n) is 8.93. The molecule has 2 rings (SSSR count). The average Bonchev–Trinajstić information content (AvgIpc) is 2.33. The van der Waals surface area contributed by atoms with Gasteiger partial charge in [-0.2, -0.15) is 0 Å². The molecule has 1 fully saturated rings. The molecule has 0 atom stereocenters. The number of hydrogen-bond acceptors (Lipinski definition) is 1. The number of aliphatic carboxylic acids is 1. The van der Waals surface area contributed by atoms with Gasteiger partial charge in [-0.1, -0.05) is 55.7 Å². The van der Waals surface area contributed by atoms with Gasteiger partial charge < -0.3 is 5.11 Å². The second-order valence-corrected chi connectivity index (χ2v) is 3.83. The van der Waals surface area contributed by atoms with Crippen molar-refractivity contribution in [1.29, 1.82) is 0 Å². The zero-order valence-corrected chi connectivity index (χ0v) is 8.93. The normalized spacial score (nSPS) is 16.3. The second-order valence-electron chi connectivity index (χ2n) is 3.83. The van der Waals surface area contributed by atoms with Gasteiger partial charge in [-0.25, -0.2) is 0 Å². The SMILES string of the molecule is O=C(O)C1CCCCC1.c1ccccc1. The molecule has 1 aromatic rings. The van der Waals surface area contributed by atoms with Crippen molar-refractivity contribution in [3.8, 4) is 0 Å². The predicted octanol–water partition coefficient (Wildman–Crippen LogP) is 3.34. The molecule has 0 saturated heterocycles. The number of carboxylic acids is 1. The van der Waals surface area contributed by atoms with E-state index in [1.54, 1.807) is 0 Å². The zero-order chi connectivity index (χ0) is 10.9. The number of hydrogen-bond donors (Lipinski definition) is 1. The molecule has 82 valence electrons. The molecule has 0 heterocycles. The van der Waals surface area contributed by atoms with Crippen LogP contribution in [0.5, 0.6) is 0 Å². The topological polar surface area (TPSA) is 37.3 Å². The molecule has 0 amide bonds. The third-order valence-corrected chi connectivity index (χ3v) is 2.62. The fraction of sp³-hybridized carbons (Fsp3) is 0.462. The fourth-order valence-electron chi connectivity index (χ4n) is 1.73. The van der Waals surface area contributed by atoms with Gasteiger partial charge in [-0.15, -0.1) is 0 Å². The highest BCUT2D eigenvalue weighted by molar-refractivity contribution is 5.69. The van der Waals surface area contributed by atoms with Crippen molar-refractivity contribution >= 4 is 5.97 Å². The Kier molecular flexibility index (Phi) is 5.52. The van der Waals surface area contributed by atoms with Gasteiger partial charge in [0.05, 0.1) is 5.92 Å². The summed E-state index contributed by atoms with van der Waals surface area (Å²) in [4.78, 5) is 10.4. The van der Waals surface area contributed by atoms with E-state index in [9.17, 15) is 4.79 Å². The van der Waals surface area contributed by atoms with Crippen molar-refractivity contribution in [2.45, 2.75) is 32.1 Å². The Morgan fingerprint density at radius 3 is 1.53 bits per heavy atom. The van der Waals surface area contributed by atoms with Gasteiger partial charge in [0.2, 0.25) is 0 Å². The largest absolute Gasteiger partial charge is 0.481 e. The summed E-state index contributed by atoms with van der Waals surface area (Å²) >= 11 is 0. The molecule has 1 saturated carbocycles. The van der Waals surface area contributed by atoms with Gasteiger partial charge in [0.15, 0.2) is 0 Å². The van der Waals surface area contributed by atoms with Crippen LogP contribution in [0, 0.1) is 5.92 Å². The van der Waals surface area contributed by atoms with E-state index in [-0.39, 0.29) is 5.92 Å². The van der Waals surface area contributed by atoms with Gasteiger partial charge >= 0.3 is 5.97 Å². The van der Waals surface area contributed by atoms with Crippen molar-refractivity contribution < 1.29 is 9.90 Å². The first-order valence-electron chi connectivity index (χ1n) is 5.53. The lowest BCUT2D eigenvalue weighted by Gasteiger charge is -2.16. The van der Waals surface area contributed by atoms with Gasteiger partial charge in [0.1, 0.15) is 0 Å². The van der Waals surface area contributed by atoms with Crippen LogP contribution in [-0.4, -0.2) is 11.1 Å². The molecule has 0 bridgehead atoms. The standard InChI is InChI=1S/C7H12O2.C6H6/c8-7(9)6-4-2-1-3-5-6;1-2-4-6-5-3-1/h6H,1-5H2,(H,8,9);1-6H. The average molecular weight is 206 g/mol. The Morgan fingerprint density at radius 1 is 0.867 bits per heavy atom. The maximum atomic E-state index is 10.4. The summed E-state index contributed by atoms with van der Waals surface area (Å²) in [5.41, 5.74) is 0. The summed E-state index contributed by atoms with van der Waals surface area (Å²) in [6.45, 7) is 0. The Morgan fingerprint density at radius 2 is 1.27 bits per heavy atom. The predicted molar refractivity (Wildman–Crippen MR) is 60.7 cm³/mol. The van der Waals surface area contributed by atoms with Crippen molar-refractivity contribution in [2.24, 2.45) is 5.92 Å². The molecule has 15 heavy (non-hydrogen) atoms. The molecular weight excluding hydrogens is 188 g/mol. The van der Waals surface area contributed by atoms with E-state index in [4.69, 9.17) is 5.11 Å². The van der Waals surface area contributed by atoms with Crippen LogP contribution in [0.2, 0.25) is 0 Å². The molecule has 0 radical (unpaired) electrons. The summed E-state index contributed by atoms with van der Waals surface area (Å²) < 4.78 is 0. The highest BCUT2D eigenvalue weighted by Gasteiger charge is 2.19. The Labute approximate surface area is 90.9 Å². The van der Waals surface area contributed by atoms with Gasteiger partial charge in [0.25, 0.3) is 0 Å². The van der Waals surface area contributed by atoms with Crippen LogP contribution < -0.4 is 0 Å². The Bertz CT molecular complexity index is 236. The summed E-state index contributed by atoms with van der Waals surface area (Å²) in [6, 6.07) is 12.0. The van der Waals surface area contributed by atoms with Crippen molar-refractivity contribution in [1.82, 2.24) is 0 Å². The molecular formula is C13H18O2. The van der Waals surface area contributed by atoms with Crippen LogP contribution in [0.25, 0.3) is 0 Å². The molecule has 2 heteroatoms. The molecule has 0 unspecified atom stereocenters. The first-order chi connectivity index (χ1) is 7.30. The monoisotopic (exact) mass is 206 g/mol. The minimum absolute atomic E-state index is 0.0289. The molecule has 1 N–H and O–H groups in total. The van der Waals surface area contributed by atoms with Crippen LogP contribution in [0.3, 0.4) is 0 Å². The summed E-state index contributed by atoms with van der Waals surface area (Å²) in [5, 5.41) is 8.54. The van der Waals surface area contributed by atoms with Crippen LogP contribution in [0.15, 0.2) is 36.4 Å². The molecule has 0 aliphatic heterocycles. The van der Waals surface area contributed by atoms with Gasteiger partial charge in [-0.3, -0.25) is 4.79 Å². The quantitative estimate of drug-likeness (QED) is 0.765. The van der Waals surface area contributed by atoms with E-state index in [0.717, 1.165) is 25.7 Å². The third-order valence-electron chi connectivity index (χ3n) is 2.62. The van der Waals surface area contributed by atoms with Gasteiger partial charge in [0, 0.05) is 0 Å². The molecule has 1 aromatic carbocycles. The summed E-state index contributed by atoms with van der Waals surface area (Å²) in [6.07, 6.45) is 5.24. The number of benzene rings is 1. The summed E-state index contributed by atoms with van der Waals surface area (Å²) in [7, 11) is 0. The number of carboxylic acid groups (broad SMARTS) is 1. The van der Waals surface area contributed by atoms with E-state index in [0.29, 0.717) is 0 Å². The first kappa shape index (κ1) is 11.8. The molecule has 0 spiro atoms. The van der Waals surface area contributed by atoms with Crippen molar-refractivity contribution in [3.05, 3.63) is 36.4 Å². The fourth-order valence-corrected chi connectivity index (χ4v) is 1.73.